The first-order valence-corrected chi connectivity index (χ1v) is 7.91. The van der Waals surface area contributed by atoms with E-state index >= 15 is 0 Å². The van der Waals surface area contributed by atoms with Crippen molar-refractivity contribution in [1.29, 1.82) is 0 Å². The molecule has 0 amide bonds. The lowest BCUT2D eigenvalue weighted by atomic mass is 10.00. The van der Waals surface area contributed by atoms with Crippen molar-refractivity contribution in [3.8, 4) is 5.75 Å². The Morgan fingerprint density at radius 2 is 1.83 bits per heavy atom. The SMILES string of the molecule is CC(=Cc1ccc(C(=O)O)cc1)c1ccc2c(c1)OCCCC2. The Labute approximate surface area is 136 Å². The Kier molecular flexibility index (Phi) is 4.47. The molecule has 1 N–H and O–H groups in total. The average Bonchev–Trinajstić information content (AvgIpc) is 2.79. The molecule has 0 saturated carbocycles. The molecule has 118 valence electrons. The Hall–Kier alpha value is -2.55. The van der Waals surface area contributed by atoms with Crippen molar-refractivity contribution >= 4 is 17.6 Å². The summed E-state index contributed by atoms with van der Waals surface area (Å²) in [6, 6.07) is 13.3. The van der Waals surface area contributed by atoms with Crippen LogP contribution in [-0.4, -0.2) is 17.7 Å². The summed E-state index contributed by atoms with van der Waals surface area (Å²) < 4.78 is 5.84. The van der Waals surface area contributed by atoms with E-state index in [0.29, 0.717) is 5.56 Å². The van der Waals surface area contributed by atoms with Crippen LogP contribution in [0.2, 0.25) is 0 Å². The second kappa shape index (κ2) is 6.69. The minimum absolute atomic E-state index is 0.304. The average molecular weight is 308 g/mol. The smallest absolute Gasteiger partial charge is 0.335 e. The van der Waals surface area contributed by atoms with Gasteiger partial charge in [0.15, 0.2) is 0 Å². The molecule has 0 aliphatic carbocycles. The predicted octanol–water partition coefficient (Wildman–Crippen LogP) is 4.66. The maximum absolute atomic E-state index is 10.9. The molecular weight excluding hydrogens is 288 g/mol. The van der Waals surface area contributed by atoms with Crippen molar-refractivity contribution < 1.29 is 14.6 Å². The van der Waals surface area contributed by atoms with Crippen LogP contribution in [0.5, 0.6) is 5.75 Å². The fraction of sp³-hybridized carbons (Fsp3) is 0.250. The molecule has 3 rings (SSSR count). The fourth-order valence-corrected chi connectivity index (χ4v) is 2.80. The number of ether oxygens (including phenoxy) is 1. The minimum atomic E-state index is -0.903. The van der Waals surface area contributed by atoms with E-state index in [4.69, 9.17) is 9.84 Å². The molecule has 0 unspecified atom stereocenters. The van der Waals surface area contributed by atoms with Crippen molar-refractivity contribution in [2.24, 2.45) is 0 Å². The third kappa shape index (κ3) is 3.62. The summed E-state index contributed by atoms with van der Waals surface area (Å²) in [6.07, 6.45) is 5.42. The van der Waals surface area contributed by atoms with Crippen LogP contribution < -0.4 is 4.74 Å². The Morgan fingerprint density at radius 1 is 1.09 bits per heavy atom. The highest BCUT2D eigenvalue weighted by Crippen LogP contribution is 2.29. The summed E-state index contributed by atoms with van der Waals surface area (Å²) in [6.45, 7) is 2.85. The van der Waals surface area contributed by atoms with Gasteiger partial charge in [0.05, 0.1) is 12.2 Å². The van der Waals surface area contributed by atoms with Crippen LogP contribution in [0.4, 0.5) is 0 Å². The van der Waals surface area contributed by atoms with E-state index in [0.717, 1.165) is 41.9 Å². The van der Waals surface area contributed by atoms with Crippen LogP contribution in [0.1, 0.15) is 46.8 Å². The van der Waals surface area contributed by atoms with Crippen LogP contribution in [-0.2, 0) is 6.42 Å². The zero-order valence-corrected chi connectivity index (χ0v) is 13.2. The maximum Gasteiger partial charge on any atom is 0.335 e. The Morgan fingerprint density at radius 3 is 2.57 bits per heavy atom. The molecule has 0 radical (unpaired) electrons. The van der Waals surface area contributed by atoms with E-state index in [9.17, 15) is 4.79 Å². The quantitative estimate of drug-likeness (QED) is 0.839. The van der Waals surface area contributed by atoms with Gasteiger partial charge >= 0.3 is 5.97 Å². The lowest BCUT2D eigenvalue weighted by Gasteiger charge is -2.10. The summed E-state index contributed by atoms with van der Waals surface area (Å²) in [7, 11) is 0. The molecule has 0 spiro atoms. The van der Waals surface area contributed by atoms with Crippen LogP contribution in [0, 0.1) is 0 Å². The van der Waals surface area contributed by atoms with Crippen LogP contribution in [0.25, 0.3) is 11.6 Å². The number of hydrogen-bond donors (Lipinski definition) is 1. The molecule has 1 heterocycles. The van der Waals surface area contributed by atoms with Crippen molar-refractivity contribution in [1.82, 2.24) is 0 Å². The van der Waals surface area contributed by atoms with Crippen LogP contribution in [0.15, 0.2) is 42.5 Å². The molecule has 0 saturated heterocycles. The largest absolute Gasteiger partial charge is 0.493 e. The highest BCUT2D eigenvalue weighted by atomic mass is 16.5. The first-order chi connectivity index (χ1) is 11.1. The van der Waals surface area contributed by atoms with Crippen molar-refractivity contribution in [3.05, 3.63) is 64.7 Å². The molecule has 0 fully saturated rings. The van der Waals surface area contributed by atoms with Gasteiger partial charge in [0.1, 0.15) is 5.75 Å². The van der Waals surface area contributed by atoms with E-state index in [2.05, 4.69) is 31.2 Å². The van der Waals surface area contributed by atoms with Gasteiger partial charge in [0.25, 0.3) is 0 Å². The van der Waals surface area contributed by atoms with Gasteiger partial charge in [-0.05, 0) is 66.6 Å². The first-order valence-electron chi connectivity index (χ1n) is 7.91. The van der Waals surface area contributed by atoms with Gasteiger partial charge in [-0.2, -0.15) is 0 Å². The van der Waals surface area contributed by atoms with Gasteiger partial charge in [0.2, 0.25) is 0 Å². The molecule has 0 aromatic heterocycles. The van der Waals surface area contributed by atoms with E-state index < -0.39 is 5.97 Å². The fourth-order valence-electron chi connectivity index (χ4n) is 2.80. The lowest BCUT2D eigenvalue weighted by molar-refractivity contribution is 0.0697. The highest BCUT2D eigenvalue weighted by Gasteiger charge is 2.10. The molecule has 23 heavy (non-hydrogen) atoms. The second-order valence-electron chi connectivity index (χ2n) is 5.88. The van der Waals surface area contributed by atoms with Crippen molar-refractivity contribution in [2.45, 2.75) is 26.2 Å². The highest BCUT2D eigenvalue weighted by molar-refractivity contribution is 5.88. The third-order valence-corrected chi connectivity index (χ3v) is 4.16. The van der Waals surface area contributed by atoms with Gasteiger partial charge in [-0.1, -0.05) is 30.3 Å². The van der Waals surface area contributed by atoms with Crippen molar-refractivity contribution in [3.63, 3.8) is 0 Å². The normalized spacial score (nSPS) is 14.6. The molecule has 2 aromatic rings. The molecule has 1 aliphatic rings. The topological polar surface area (TPSA) is 46.5 Å². The standard InChI is InChI=1S/C20H20O3/c1-14(12-15-5-7-17(8-6-15)20(21)22)18-10-9-16-4-2-3-11-23-19(16)13-18/h5-10,12-13H,2-4,11H2,1H3,(H,21,22). The van der Waals surface area contributed by atoms with Crippen LogP contribution >= 0.6 is 0 Å². The van der Waals surface area contributed by atoms with E-state index in [1.165, 1.54) is 12.0 Å². The zero-order valence-electron chi connectivity index (χ0n) is 13.2. The Balaban J connectivity index is 1.85. The number of aromatic carboxylic acids is 1. The van der Waals surface area contributed by atoms with Crippen LogP contribution in [0.3, 0.4) is 0 Å². The van der Waals surface area contributed by atoms with Gasteiger partial charge in [-0.3, -0.25) is 0 Å². The molecular formula is C20H20O3. The zero-order chi connectivity index (χ0) is 16.2. The first kappa shape index (κ1) is 15.3. The Bertz CT molecular complexity index is 742. The number of fused-ring (bicyclic) bond motifs is 1. The number of allylic oxidation sites excluding steroid dienone is 1. The number of hydrogen-bond acceptors (Lipinski definition) is 2. The van der Waals surface area contributed by atoms with Crippen molar-refractivity contribution in [2.75, 3.05) is 6.61 Å². The van der Waals surface area contributed by atoms with E-state index in [1.807, 2.05) is 12.1 Å². The molecule has 1 aliphatic heterocycles. The third-order valence-electron chi connectivity index (χ3n) is 4.16. The molecule has 2 aromatic carbocycles. The van der Waals surface area contributed by atoms with Gasteiger partial charge in [-0.25, -0.2) is 4.79 Å². The van der Waals surface area contributed by atoms with E-state index in [1.54, 1.807) is 12.1 Å². The predicted molar refractivity (Wildman–Crippen MR) is 91.8 cm³/mol. The summed E-state index contributed by atoms with van der Waals surface area (Å²) in [5, 5.41) is 8.94. The number of carboxylic acid groups (broad SMARTS) is 1. The summed E-state index contributed by atoms with van der Waals surface area (Å²) in [5.41, 5.74) is 4.84. The number of carboxylic acids is 1. The van der Waals surface area contributed by atoms with Gasteiger partial charge in [-0.15, -0.1) is 0 Å². The maximum atomic E-state index is 10.9. The summed E-state index contributed by atoms with van der Waals surface area (Å²) in [5.74, 6) is 0.0918. The number of aryl methyl sites for hydroxylation is 1. The molecule has 0 atom stereocenters. The van der Waals surface area contributed by atoms with Gasteiger partial charge in [0, 0.05) is 0 Å². The molecule has 0 bridgehead atoms. The monoisotopic (exact) mass is 308 g/mol. The summed E-state index contributed by atoms with van der Waals surface area (Å²) >= 11 is 0. The molecule has 3 heteroatoms. The molecule has 3 nitrogen and oxygen atoms in total. The summed E-state index contributed by atoms with van der Waals surface area (Å²) in [4.78, 5) is 10.9. The minimum Gasteiger partial charge on any atom is -0.493 e. The van der Waals surface area contributed by atoms with Gasteiger partial charge < -0.3 is 9.84 Å². The number of rotatable bonds is 3. The lowest BCUT2D eigenvalue weighted by Crippen LogP contribution is -1.96. The number of carbonyl (C=O) groups is 1. The number of benzene rings is 2. The second-order valence-corrected chi connectivity index (χ2v) is 5.88. The van der Waals surface area contributed by atoms with E-state index in [-0.39, 0.29) is 0 Å².